The number of hydrogen-bond donors (Lipinski definition) is 1. The summed E-state index contributed by atoms with van der Waals surface area (Å²) < 4.78 is 61.4. The van der Waals surface area contributed by atoms with Crippen molar-refractivity contribution in [2.45, 2.75) is 31.2 Å². The lowest BCUT2D eigenvalue weighted by atomic mass is 9.88. The third kappa shape index (κ3) is 6.34. The third-order valence-electron chi connectivity index (χ3n) is 5.50. The quantitative estimate of drug-likeness (QED) is 0.471. The predicted molar refractivity (Wildman–Crippen MR) is 116 cm³/mol. The van der Waals surface area contributed by atoms with Crippen LogP contribution < -0.4 is 10.5 Å². The molecule has 1 aliphatic heterocycles. The number of likely N-dealkylation sites (tertiary alicyclic amines) is 1. The smallest absolute Gasteiger partial charge is 0.489 e. The van der Waals surface area contributed by atoms with Gasteiger partial charge in [0.2, 0.25) is 0 Å². The van der Waals surface area contributed by atoms with Crippen molar-refractivity contribution in [2.24, 2.45) is 5.73 Å². The minimum absolute atomic E-state index is 0.00988. The number of halogens is 4. The number of carbonyl (C=O) groups excluding carboxylic acids is 2. The molecule has 3 rings (SSSR count). The van der Waals surface area contributed by atoms with Crippen molar-refractivity contribution < 1.29 is 36.6 Å². The van der Waals surface area contributed by atoms with Crippen molar-refractivity contribution >= 4 is 11.9 Å². The molecule has 2 unspecified atom stereocenters. The van der Waals surface area contributed by atoms with E-state index in [4.69, 9.17) is 15.2 Å². The van der Waals surface area contributed by atoms with E-state index in [9.17, 15) is 27.2 Å². The van der Waals surface area contributed by atoms with E-state index < -0.39 is 24.3 Å². The standard InChI is InChI=1S/C24H24F4N2O4/c25-13-16(14-29)15-33-20-8-6-18(7-9-20)22(31)30-11-10-19(17-4-2-1-3-5-17)12-21(30)34-23(32)24(26,27)28/h1-9,13,19,21H,10-12,14-15,29H2/b16-13+. The molecule has 2 atom stereocenters. The highest BCUT2D eigenvalue weighted by Gasteiger charge is 2.45. The Bertz CT molecular complexity index is 1010. The molecule has 10 heteroatoms. The highest BCUT2D eigenvalue weighted by molar-refractivity contribution is 5.94. The molecule has 2 N–H and O–H groups in total. The van der Waals surface area contributed by atoms with Crippen molar-refractivity contribution in [3.05, 3.63) is 77.6 Å². The molecule has 2 aromatic carbocycles. The summed E-state index contributed by atoms with van der Waals surface area (Å²) >= 11 is 0. The Morgan fingerprint density at radius 1 is 1.09 bits per heavy atom. The zero-order chi connectivity index (χ0) is 24.7. The molecule has 0 aromatic heterocycles. The average molecular weight is 480 g/mol. The summed E-state index contributed by atoms with van der Waals surface area (Å²) in [6.45, 7) is 0.0282. The van der Waals surface area contributed by atoms with Crippen LogP contribution in [0.25, 0.3) is 0 Å². The van der Waals surface area contributed by atoms with Crippen LogP contribution >= 0.6 is 0 Å². The van der Waals surface area contributed by atoms with Gasteiger partial charge in [-0.3, -0.25) is 4.79 Å². The van der Waals surface area contributed by atoms with Crippen LogP contribution in [0, 0.1) is 0 Å². The highest BCUT2D eigenvalue weighted by Crippen LogP contribution is 2.34. The summed E-state index contributed by atoms with van der Waals surface area (Å²) in [6.07, 6.45) is -5.66. The molecule has 1 fully saturated rings. The third-order valence-corrected chi connectivity index (χ3v) is 5.50. The number of amides is 1. The Hall–Kier alpha value is -3.40. The summed E-state index contributed by atoms with van der Waals surface area (Å²) in [5, 5.41) is 0. The first-order chi connectivity index (χ1) is 16.2. The topological polar surface area (TPSA) is 81.9 Å². The molecule has 1 amide bonds. The van der Waals surface area contributed by atoms with Gasteiger partial charge in [-0.25, -0.2) is 9.18 Å². The second-order valence-corrected chi connectivity index (χ2v) is 7.77. The van der Waals surface area contributed by atoms with E-state index in [1.165, 1.54) is 24.3 Å². The summed E-state index contributed by atoms with van der Waals surface area (Å²) in [6, 6.07) is 15.0. The van der Waals surface area contributed by atoms with Crippen LogP contribution in [0.3, 0.4) is 0 Å². The van der Waals surface area contributed by atoms with Crippen molar-refractivity contribution in [1.29, 1.82) is 0 Å². The largest absolute Gasteiger partial charge is 0.491 e. The fraction of sp³-hybridized carbons (Fsp3) is 0.333. The Balaban J connectivity index is 1.75. The summed E-state index contributed by atoms with van der Waals surface area (Å²) in [5.74, 6) is -2.74. The van der Waals surface area contributed by atoms with Gasteiger partial charge in [0, 0.05) is 30.6 Å². The molecule has 0 radical (unpaired) electrons. The highest BCUT2D eigenvalue weighted by atomic mass is 19.4. The molecule has 1 saturated heterocycles. The lowest BCUT2D eigenvalue weighted by Crippen LogP contribution is -2.49. The first kappa shape index (κ1) is 25.2. The van der Waals surface area contributed by atoms with Crippen LogP contribution in [-0.4, -0.2) is 48.9 Å². The molecule has 1 heterocycles. The predicted octanol–water partition coefficient (Wildman–Crippen LogP) is 4.33. The normalized spacial score (nSPS) is 19.0. The number of nitrogens with two attached hydrogens (primary N) is 1. The van der Waals surface area contributed by atoms with E-state index in [0.29, 0.717) is 18.5 Å². The minimum Gasteiger partial charge on any atom is -0.489 e. The summed E-state index contributed by atoms with van der Waals surface area (Å²) in [4.78, 5) is 25.8. The maximum Gasteiger partial charge on any atom is 0.491 e. The van der Waals surface area contributed by atoms with Gasteiger partial charge in [-0.05, 0) is 42.2 Å². The average Bonchev–Trinajstić information content (AvgIpc) is 2.84. The number of hydrogen-bond acceptors (Lipinski definition) is 5. The first-order valence-corrected chi connectivity index (χ1v) is 10.6. The van der Waals surface area contributed by atoms with Crippen molar-refractivity contribution in [3.63, 3.8) is 0 Å². The van der Waals surface area contributed by atoms with E-state index in [0.717, 1.165) is 10.5 Å². The molecule has 6 nitrogen and oxygen atoms in total. The van der Waals surface area contributed by atoms with Gasteiger partial charge in [0.1, 0.15) is 12.4 Å². The summed E-state index contributed by atoms with van der Waals surface area (Å²) in [5.41, 5.74) is 6.69. The molecular formula is C24H24F4N2O4. The number of nitrogens with zero attached hydrogens (tertiary/aromatic N) is 1. The molecule has 0 spiro atoms. The van der Waals surface area contributed by atoms with Crippen LogP contribution in [0.15, 0.2) is 66.5 Å². The molecule has 1 aliphatic rings. The van der Waals surface area contributed by atoms with Crippen LogP contribution in [-0.2, 0) is 9.53 Å². The number of carbonyl (C=O) groups is 2. The zero-order valence-electron chi connectivity index (χ0n) is 18.1. The van der Waals surface area contributed by atoms with Gasteiger partial charge in [0.15, 0.2) is 6.23 Å². The van der Waals surface area contributed by atoms with Crippen molar-refractivity contribution in [2.75, 3.05) is 19.7 Å². The lowest BCUT2D eigenvalue weighted by Gasteiger charge is -2.39. The second kappa shape index (κ2) is 11.1. The Kier molecular flexibility index (Phi) is 8.27. The molecule has 2 aromatic rings. The van der Waals surface area contributed by atoms with E-state index in [1.54, 1.807) is 0 Å². The van der Waals surface area contributed by atoms with Gasteiger partial charge in [0.25, 0.3) is 5.91 Å². The van der Waals surface area contributed by atoms with Crippen molar-refractivity contribution in [3.8, 4) is 5.75 Å². The van der Waals surface area contributed by atoms with E-state index in [-0.39, 0.29) is 43.2 Å². The maximum absolute atomic E-state index is 13.1. The monoisotopic (exact) mass is 480 g/mol. The van der Waals surface area contributed by atoms with Crippen LogP contribution in [0.5, 0.6) is 5.75 Å². The van der Waals surface area contributed by atoms with Crippen molar-refractivity contribution in [1.82, 2.24) is 4.90 Å². The second-order valence-electron chi connectivity index (χ2n) is 7.77. The Morgan fingerprint density at radius 3 is 2.35 bits per heavy atom. The van der Waals surface area contributed by atoms with Gasteiger partial charge in [-0.15, -0.1) is 0 Å². The molecule has 182 valence electrons. The van der Waals surface area contributed by atoms with Crippen LogP contribution in [0.1, 0.15) is 34.7 Å². The minimum atomic E-state index is -5.18. The van der Waals surface area contributed by atoms with Gasteiger partial charge >= 0.3 is 12.1 Å². The number of ether oxygens (including phenoxy) is 2. The summed E-state index contributed by atoms with van der Waals surface area (Å²) in [7, 11) is 0. The maximum atomic E-state index is 13.1. The fourth-order valence-electron chi connectivity index (χ4n) is 3.66. The van der Waals surface area contributed by atoms with E-state index >= 15 is 0 Å². The Morgan fingerprint density at radius 2 is 1.76 bits per heavy atom. The van der Waals surface area contributed by atoms with Crippen LogP contribution in [0.2, 0.25) is 0 Å². The van der Waals surface area contributed by atoms with Gasteiger partial charge in [-0.2, -0.15) is 13.2 Å². The molecular weight excluding hydrogens is 456 g/mol. The van der Waals surface area contributed by atoms with E-state index in [1.807, 2.05) is 30.3 Å². The van der Waals surface area contributed by atoms with Gasteiger partial charge in [-0.1, -0.05) is 30.3 Å². The fourth-order valence-corrected chi connectivity index (χ4v) is 3.66. The van der Waals surface area contributed by atoms with Crippen LogP contribution in [0.4, 0.5) is 17.6 Å². The molecule has 0 bridgehead atoms. The molecule has 0 saturated carbocycles. The number of esters is 1. The molecule has 34 heavy (non-hydrogen) atoms. The SMILES string of the molecule is NC/C(=C\F)COc1ccc(C(=O)N2CCC(c3ccccc3)CC2OC(=O)C(F)(F)F)cc1. The number of piperidine rings is 1. The number of rotatable bonds is 7. The lowest BCUT2D eigenvalue weighted by molar-refractivity contribution is -0.213. The molecule has 0 aliphatic carbocycles. The Labute approximate surface area is 193 Å². The first-order valence-electron chi connectivity index (χ1n) is 10.6. The van der Waals surface area contributed by atoms with Gasteiger partial charge in [0.05, 0.1) is 6.33 Å². The van der Waals surface area contributed by atoms with E-state index in [2.05, 4.69) is 0 Å². The number of benzene rings is 2. The van der Waals surface area contributed by atoms with Gasteiger partial charge < -0.3 is 20.1 Å². The number of alkyl halides is 3. The zero-order valence-corrected chi connectivity index (χ0v) is 18.1.